The molecule has 29 heavy (non-hydrogen) atoms. The van der Waals surface area contributed by atoms with Gasteiger partial charge in [0.15, 0.2) is 0 Å². The molecular formula is C23H19ClN4O. The fraction of sp³-hybridized carbons (Fsp3) is 0.174. The number of halogens is 1. The van der Waals surface area contributed by atoms with E-state index >= 15 is 0 Å². The molecule has 1 N–H and O–H groups in total. The lowest BCUT2D eigenvalue weighted by Gasteiger charge is -2.16. The molecule has 1 fully saturated rings. The lowest BCUT2D eigenvalue weighted by molar-refractivity contribution is -0.123. The van der Waals surface area contributed by atoms with Crippen LogP contribution in [-0.2, 0) is 16.8 Å². The minimum atomic E-state index is -0.409. The van der Waals surface area contributed by atoms with Crippen LogP contribution in [-0.4, -0.2) is 20.4 Å². The number of carbonyl (C=O) groups excluding carboxylic acids is 1. The fourth-order valence-corrected chi connectivity index (χ4v) is 3.82. The highest BCUT2D eigenvalue weighted by Gasteiger charge is 2.51. The Morgan fingerprint density at radius 2 is 1.83 bits per heavy atom. The van der Waals surface area contributed by atoms with Crippen molar-refractivity contribution < 1.29 is 4.79 Å². The van der Waals surface area contributed by atoms with Gasteiger partial charge in [0.25, 0.3) is 0 Å². The Bertz CT molecular complexity index is 1180. The number of amides is 1. The van der Waals surface area contributed by atoms with Gasteiger partial charge in [-0.1, -0.05) is 41.9 Å². The molecule has 1 saturated carbocycles. The van der Waals surface area contributed by atoms with Gasteiger partial charge in [0.1, 0.15) is 12.1 Å². The summed E-state index contributed by atoms with van der Waals surface area (Å²) < 4.78 is 1.96. The third-order valence-corrected chi connectivity index (χ3v) is 5.80. The highest BCUT2D eigenvalue weighted by atomic mass is 35.5. The van der Waals surface area contributed by atoms with Gasteiger partial charge in [0.05, 0.1) is 16.4 Å². The van der Waals surface area contributed by atoms with Crippen LogP contribution in [0.5, 0.6) is 0 Å². The zero-order valence-corrected chi connectivity index (χ0v) is 16.4. The van der Waals surface area contributed by atoms with Gasteiger partial charge < -0.3 is 5.32 Å². The van der Waals surface area contributed by atoms with Crippen LogP contribution in [0.1, 0.15) is 24.0 Å². The molecular weight excluding hydrogens is 384 g/mol. The van der Waals surface area contributed by atoms with Crippen LogP contribution < -0.4 is 5.32 Å². The van der Waals surface area contributed by atoms with Crippen molar-refractivity contribution in [3.63, 3.8) is 0 Å². The van der Waals surface area contributed by atoms with E-state index in [4.69, 9.17) is 11.6 Å². The number of hydrogen-bond acceptors (Lipinski definition) is 3. The molecule has 2 heterocycles. The largest absolute Gasteiger partial charge is 0.351 e. The summed E-state index contributed by atoms with van der Waals surface area (Å²) in [4.78, 5) is 21.8. The molecule has 6 heteroatoms. The van der Waals surface area contributed by atoms with E-state index in [9.17, 15) is 4.79 Å². The fourth-order valence-electron chi connectivity index (χ4n) is 3.70. The molecule has 5 nitrogen and oxygen atoms in total. The monoisotopic (exact) mass is 402 g/mol. The van der Waals surface area contributed by atoms with Crippen molar-refractivity contribution in [3.05, 3.63) is 89.3 Å². The Kier molecular flexibility index (Phi) is 4.32. The molecule has 144 valence electrons. The average molecular weight is 403 g/mol. The minimum absolute atomic E-state index is 0.0597. The van der Waals surface area contributed by atoms with Gasteiger partial charge >= 0.3 is 0 Å². The number of fused-ring (bicyclic) bond motifs is 1. The molecule has 5 rings (SSSR count). The summed E-state index contributed by atoms with van der Waals surface area (Å²) in [5.74, 6) is 0.859. The molecule has 4 aromatic rings. The Balaban J connectivity index is 1.28. The minimum Gasteiger partial charge on any atom is -0.351 e. The van der Waals surface area contributed by atoms with Gasteiger partial charge in [-0.05, 0) is 54.3 Å². The van der Waals surface area contributed by atoms with Crippen LogP contribution in [0, 0.1) is 0 Å². The highest BCUT2D eigenvalue weighted by Crippen LogP contribution is 2.48. The van der Waals surface area contributed by atoms with Gasteiger partial charge in [0, 0.05) is 17.8 Å². The Hall–Kier alpha value is -3.18. The van der Waals surface area contributed by atoms with Crippen molar-refractivity contribution in [1.82, 2.24) is 19.9 Å². The van der Waals surface area contributed by atoms with E-state index in [1.807, 2.05) is 65.2 Å². The first-order chi connectivity index (χ1) is 14.2. The number of hydrogen-bond donors (Lipinski definition) is 1. The summed E-state index contributed by atoms with van der Waals surface area (Å²) in [7, 11) is 0. The molecule has 0 bridgehead atoms. The first kappa shape index (κ1) is 17.9. The molecule has 0 spiro atoms. The second-order valence-electron chi connectivity index (χ2n) is 7.40. The quantitative estimate of drug-likeness (QED) is 0.537. The van der Waals surface area contributed by atoms with Crippen molar-refractivity contribution in [3.8, 4) is 5.82 Å². The molecule has 0 atom stereocenters. The summed E-state index contributed by atoms with van der Waals surface area (Å²) in [6, 6.07) is 19.4. The Morgan fingerprint density at radius 1 is 1.03 bits per heavy atom. The topological polar surface area (TPSA) is 59.8 Å². The van der Waals surface area contributed by atoms with Crippen LogP contribution in [0.2, 0.25) is 5.02 Å². The van der Waals surface area contributed by atoms with Crippen molar-refractivity contribution >= 4 is 28.5 Å². The molecule has 0 radical (unpaired) electrons. The van der Waals surface area contributed by atoms with E-state index in [1.54, 1.807) is 12.5 Å². The Labute approximate surface area is 173 Å². The summed E-state index contributed by atoms with van der Waals surface area (Å²) in [5, 5.41) is 3.75. The average Bonchev–Trinajstić information content (AvgIpc) is 3.46. The number of aromatic nitrogens is 3. The summed E-state index contributed by atoms with van der Waals surface area (Å²) in [6.07, 6.45) is 5.31. The SMILES string of the molecule is O=C(NCc1ccc(-n2cnc3ccccc32)nc1)C1(c2ccc(Cl)cc2)CC1. The molecule has 0 saturated heterocycles. The predicted octanol–water partition coefficient (Wildman–Crippen LogP) is 4.42. The van der Waals surface area contributed by atoms with Crippen LogP contribution in [0.4, 0.5) is 0 Å². The van der Waals surface area contributed by atoms with Gasteiger partial charge in [-0.3, -0.25) is 9.36 Å². The van der Waals surface area contributed by atoms with E-state index in [2.05, 4.69) is 15.3 Å². The van der Waals surface area contributed by atoms with E-state index in [-0.39, 0.29) is 5.91 Å². The van der Waals surface area contributed by atoms with E-state index in [1.165, 1.54) is 0 Å². The number of carbonyl (C=O) groups is 1. The first-order valence-corrected chi connectivity index (χ1v) is 9.95. The summed E-state index contributed by atoms with van der Waals surface area (Å²) in [5.41, 5.74) is 3.52. The number of nitrogens with zero attached hydrogens (tertiary/aromatic N) is 3. The van der Waals surface area contributed by atoms with Crippen molar-refractivity contribution in [1.29, 1.82) is 0 Å². The predicted molar refractivity (Wildman–Crippen MR) is 113 cm³/mol. The number of imidazole rings is 1. The second kappa shape index (κ2) is 7.01. The van der Waals surface area contributed by atoms with E-state index in [0.717, 1.165) is 40.8 Å². The van der Waals surface area contributed by atoms with Crippen LogP contribution in [0.3, 0.4) is 0 Å². The smallest absolute Gasteiger partial charge is 0.230 e. The lowest BCUT2D eigenvalue weighted by atomic mass is 9.95. The third kappa shape index (κ3) is 3.28. The number of benzene rings is 2. The zero-order valence-electron chi connectivity index (χ0n) is 15.7. The van der Waals surface area contributed by atoms with E-state index in [0.29, 0.717) is 11.6 Å². The maximum Gasteiger partial charge on any atom is 0.230 e. The van der Waals surface area contributed by atoms with Gasteiger partial charge in [-0.25, -0.2) is 9.97 Å². The van der Waals surface area contributed by atoms with Gasteiger partial charge in [-0.15, -0.1) is 0 Å². The van der Waals surface area contributed by atoms with Crippen molar-refractivity contribution in [2.24, 2.45) is 0 Å². The number of pyridine rings is 1. The molecule has 2 aromatic heterocycles. The molecule has 1 aliphatic carbocycles. The normalized spacial score (nSPS) is 14.7. The summed E-state index contributed by atoms with van der Waals surface area (Å²) in [6.45, 7) is 0.451. The Morgan fingerprint density at radius 3 is 2.55 bits per heavy atom. The maximum absolute atomic E-state index is 12.8. The highest BCUT2D eigenvalue weighted by molar-refractivity contribution is 6.30. The number of rotatable bonds is 5. The number of nitrogens with one attached hydrogen (secondary N) is 1. The number of para-hydroxylation sites is 2. The van der Waals surface area contributed by atoms with Crippen LogP contribution in [0.25, 0.3) is 16.9 Å². The van der Waals surface area contributed by atoms with Crippen molar-refractivity contribution in [2.75, 3.05) is 0 Å². The van der Waals surface area contributed by atoms with Gasteiger partial charge in [0.2, 0.25) is 5.91 Å². The summed E-state index contributed by atoms with van der Waals surface area (Å²) >= 11 is 5.97. The van der Waals surface area contributed by atoms with Crippen molar-refractivity contribution in [2.45, 2.75) is 24.8 Å². The molecule has 0 unspecified atom stereocenters. The van der Waals surface area contributed by atoms with E-state index < -0.39 is 5.41 Å². The molecule has 1 amide bonds. The molecule has 2 aromatic carbocycles. The second-order valence-corrected chi connectivity index (χ2v) is 7.84. The van der Waals surface area contributed by atoms with Crippen LogP contribution >= 0.6 is 11.6 Å². The molecule has 1 aliphatic rings. The lowest BCUT2D eigenvalue weighted by Crippen LogP contribution is -2.34. The van der Waals surface area contributed by atoms with Crippen LogP contribution in [0.15, 0.2) is 73.2 Å². The zero-order chi connectivity index (χ0) is 19.8. The third-order valence-electron chi connectivity index (χ3n) is 5.54. The standard InChI is InChI=1S/C23H19ClN4O/c24-18-8-6-17(7-9-18)23(11-12-23)22(29)26-14-16-5-10-21(25-13-16)28-15-27-19-3-1-2-4-20(19)28/h1-10,13,15H,11-12,14H2,(H,26,29). The molecule has 0 aliphatic heterocycles. The van der Waals surface area contributed by atoms with Gasteiger partial charge in [-0.2, -0.15) is 0 Å². The maximum atomic E-state index is 12.8. The first-order valence-electron chi connectivity index (χ1n) is 9.57.